The Bertz CT molecular complexity index is 412. The summed E-state index contributed by atoms with van der Waals surface area (Å²) in [6.07, 6.45) is 2.92. The van der Waals surface area contributed by atoms with Gasteiger partial charge in [-0.2, -0.15) is 12.6 Å². The Morgan fingerprint density at radius 1 is 1.23 bits per heavy atom. The van der Waals surface area contributed by atoms with Crippen molar-refractivity contribution in [3.63, 3.8) is 0 Å². The average molecular weight is 189 g/mol. The smallest absolute Gasteiger partial charge is 0.0702 e. The first-order valence-corrected chi connectivity index (χ1v) is 4.98. The fourth-order valence-electron chi connectivity index (χ4n) is 1.38. The first-order valence-electron chi connectivity index (χ1n) is 4.34. The number of fused-ring (bicyclic) bond motifs is 1. The fraction of sp³-hybridized carbons (Fsp3) is 0.182. The van der Waals surface area contributed by atoms with E-state index in [1.54, 1.807) is 0 Å². The Kier molecular flexibility index (Phi) is 2.50. The van der Waals surface area contributed by atoms with Crippen LogP contribution < -0.4 is 0 Å². The standard InChI is InChI=1S/C11H11NS/c13-6-5-9-7-10-3-1-2-4-11(10)12-8-9/h1-4,7-8,13H,5-6H2. The summed E-state index contributed by atoms with van der Waals surface area (Å²) < 4.78 is 0. The van der Waals surface area contributed by atoms with E-state index in [1.807, 2.05) is 24.4 Å². The molecule has 0 spiro atoms. The second-order valence-corrected chi connectivity index (χ2v) is 3.46. The van der Waals surface area contributed by atoms with E-state index in [-0.39, 0.29) is 0 Å². The zero-order valence-electron chi connectivity index (χ0n) is 7.27. The molecule has 1 aromatic heterocycles. The number of hydrogen-bond donors (Lipinski definition) is 1. The van der Waals surface area contributed by atoms with E-state index in [2.05, 4.69) is 29.7 Å². The van der Waals surface area contributed by atoms with Crippen LogP contribution in [0.4, 0.5) is 0 Å². The molecule has 0 fully saturated rings. The van der Waals surface area contributed by atoms with Gasteiger partial charge in [0.05, 0.1) is 5.52 Å². The van der Waals surface area contributed by atoms with Gasteiger partial charge in [0.25, 0.3) is 0 Å². The molecule has 0 aliphatic heterocycles. The quantitative estimate of drug-likeness (QED) is 0.717. The van der Waals surface area contributed by atoms with E-state index in [0.717, 1.165) is 17.7 Å². The number of hydrogen-bond acceptors (Lipinski definition) is 2. The number of para-hydroxylation sites is 1. The van der Waals surface area contributed by atoms with Crippen molar-refractivity contribution in [3.05, 3.63) is 42.1 Å². The number of aryl methyl sites for hydroxylation is 1. The second-order valence-electron chi connectivity index (χ2n) is 3.01. The Morgan fingerprint density at radius 2 is 2.08 bits per heavy atom. The Balaban J connectivity index is 2.49. The van der Waals surface area contributed by atoms with E-state index in [1.165, 1.54) is 10.9 Å². The van der Waals surface area contributed by atoms with Gasteiger partial charge in [-0.3, -0.25) is 4.98 Å². The lowest BCUT2D eigenvalue weighted by Gasteiger charge is -2.00. The van der Waals surface area contributed by atoms with Crippen LogP contribution in [0.15, 0.2) is 36.5 Å². The molecule has 2 heteroatoms. The minimum Gasteiger partial charge on any atom is -0.256 e. The molecule has 0 amide bonds. The molecule has 2 rings (SSSR count). The highest BCUT2D eigenvalue weighted by molar-refractivity contribution is 7.80. The summed E-state index contributed by atoms with van der Waals surface area (Å²) in [5.41, 5.74) is 2.32. The summed E-state index contributed by atoms with van der Waals surface area (Å²) in [6, 6.07) is 10.3. The van der Waals surface area contributed by atoms with Crippen LogP contribution >= 0.6 is 12.6 Å². The normalized spacial score (nSPS) is 10.5. The highest BCUT2D eigenvalue weighted by atomic mass is 32.1. The molecule has 2 aromatic rings. The van der Waals surface area contributed by atoms with Crippen molar-refractivity contribution in [1.29, 1.82) is 0 Å². The molecule has 0 N–H and O–H groups in total. The predicted octanol–water partition coefficient (Wildman–Crippen LogP) is 2.71. The van der Waals surface area contributed by atoms with Crippen LogP contribution in [0.2, 0.25) is 0 Å². The second kappa shape index (κ2) is 3.79. The lowest BCUT2D eigenvalue weighted by Crippen LogP contribution is -1.88. The highest BCUT2D eigenvalue weighted by Gasteiger charge is 1.95. The molecule has 13 heavy (non-hydrogen) atoms. The third-order valence-electron chi connectivity index (χ3n) is 2.05. The first-order chi connectivity index (χ1) is 6.40. The average Bonchev–Trinajstić information content (AvgIpc) is 2.18. The van der Waals surface area contributed by atoms with E-state index >= 15 is 0 Å². The van der Waals surface area contributed by atoms with Crippen molar-refractivity contribution < 1.29 is 0 Å². The van der Waals surface area contributed by atoms with E-state index < -0.39 is 0 Å². The van der Waals surface area contributed by atoms with Crippen molar-refractivity contribution >= 4 is 23.5 Å². The summed E-state index contributed by atoms with van der Waals surface area (Å²) in [5.74, 6) is 0.875. The van der Waals surface area contributed by atoms with Gasteiger partial charge in [0.2, 0.25) is 0 Å². The number of benzene rings is 1. The molecule has 0 bridgehead atoms. The monoisotopic (exact) mass is 189 g/mol. The van der Waals surface area contributed by atoms with Crippen LogP contribution in [0.1, 0.15) is 5.56 Å². The lowest BCUT2D eigenvalue weighted by atomic mass is 10.1. The molecule has 0 aliphatic rings. The van der Waals surface area contributed by atoms with Gasteiger partial charge in [-0.25, -0.2) is 0 Å². The number of thiol groups is 1. The number of rotatable bonds is 2. The SMILES string of the molecule is SCCc1cnc2ccccc2c1. The van der Waals surface area contributed by atoms with Gasteiger partial charge in [0.1, 0.15) is 0 Å². The third kappa shape index (κ3) is 1.83. The summed E-state index contributed by atoms with van der Waals surface area (Å²) in [4.78, 5) is 4.37. The van der Waals surface area contributed by atoms with E-state index in [9.17, 15) is 0 Å². The maximum Gasteiger partial charge on any atom is 0.0702 e. The first kappa shape index (κ1) is 8.57. The molecular formula is C11H11NS. The number of nitrogens with zero attached hydrogens (tertiary/aromatic N) is 1. The van der Waals surface area contributed by atoms with Crippen LogP contribution in [-0.2, 0) is 6.42 Å². The van der Waals surface area contributed by atoms with Crippen molar-refractivity contribution in [1.82, 2.24) is 4.98 Å². The molecule has 0 saturated heterocycles. The Hall–Kier alpha value is -1.02. The van der Waals surface area contributed by atoms with Gasteiger partial charge in [-0.05, 0) is 29.9 Å². The van der Waals surface area contributed by atoms with Crippen molar-refractivity contribution in [2.75, 3.05) is 5.75 Å². The van der Waals surface area contributed by atoms with Gasteiger partial charge in [-0.15, -0.1) is 0 Å². The van der Waals surface area contributed by atoms with Gasteiger partial charge in [0, 0.05) is 11.6 Å². The summed E-state index contributed by atoms with van der Waals surface area (Å²) >= 11 is 4.20. The molecule has 1 aromatic carbocycles. The maximum atomic E-state index is 4.37. The molecular weight excluding hydrogens is 178 g/mol. The van der Waals surface area contributed by atoms with Gasteiger partial charge in [0.15, 0.2) is 0 Å². The largest absolute Gasteiger partial charge is 0.256 e. The predicted molar refractivity (Wildman–Crippen MR) is 59.3 cm³/mol. The molecule has 0 radical (unpaired) electrons. The maximum absolute atomic E-state index is 4.37. The number of pyridine rings is 1. The fourth-order valence-corrected chi connectivity index (χ4v) is 1.64. The van der Waals surface area contributed by atoms with E-state index in [0.29, 0.717) is 0 Å². The highest BCUT2D eigenvalue weighted by Crippen LogP contribution is 2.12. The molecule has 0 atom stereocenters. The van der Waals surface area contributed by atoms with Crippen molar-refractivity contribution in [2.24, 2.45) is 0 Å². The Labute approximate surface area is 83.2 Å². The molecule has 0 saturated carbocycles. The number of aromatic nitrogens is 1. The molecule has 0 unspecified atom stereocenters. The van der Waals surface area contributed by atoms with Crippen LogP contribution in [0.25, 0.3) is 10.9 Å². The van der Waals surface area contributed by atoms with Crippen molar-refractivity contribution in [3.8, 4) is 0 Å². The zero-order chi connectivity index (χ0) is 9.10. The lowest BCUT2D eigenvalue weighted by molar-refractivity contribution is 1.14. The minimum absolute atomic E-state index is 0.875. The van der Waals surface area contributed by atoms with Crippen LogP contribution in [0.3, 0.4) is 0 Å². The van der Waals surface area contributed by atoms with Gasteiger partial charge < -0.3 is 0 Å². The third-order valence-corrected chi connectivity index (χ3v) is 2.27. The van der Waals surface area contributed by atoms with E-state index in [4.69, 9.17) is 0 Å². The Morgan fingerprint density at radius 3 is 2.92 bits per heavy atom. The molecule has 1 nitrogen and oxygen atoms in total. The zero-order valence-corrected chi connectivity index (χ0v) is 8.17. The van der Waals surface area contributed by atoms with Crippen molar-refractivity contribution in [2.45, 2.75) is 6.42 Å². The summed E-state index contributed by atoms with van der Waals surface area (Å²) in [6.45, 7) is 0. The topological polar surface area (TPSA) is 12.9 Å². The molecule has 1 heterocycles. The minimum atomic E-state index is 0.875. The molecule has 0 aliphatic carbocycles. The van der Waals surface area contributed by atoms with Crippen LogP contribution in [0, 0.1) is 0 Å². The summed E-state index contributed by atoms with van der Waals surface area (Å²) in [5, 5.41) is 1.21. The van der Waals surface area contributed by atoms with Crippen LogP contribution in [0.5, 0.6) is 0 Å². The molecule has 66 valence electrons. The van der Waals surface area contributed by atoms with Gasteiger partial charge >= 0.3 is 0 Å². The van der Waals surface area contributed by atoms with Gasteiger partial charge in [-0.1, -0.05) is 18.2 Å². The van der Waals surface area contributed by atoms with Crippen LogP contribution in [-0.4, -0.2) is 10.7 Å². The summed E-state index contributed by atoms with van der Waals surface area (Å²) in [7, 11) is 0.